The van der Waals surface area contributed by atoms with E-state index in [9.17, 15) is 14.4 Å². The molecule has 1 unspecified atom stereocenters. The van der Waals surface area contributed by atoms with Crippen LogP contribution in [0.5, 0.6) is 0 Å². The van der Waals surface area contributed by atoms with Crippen LogP contribution in [-0.2, 0) is 34.0 Å². The number of likely N-dealkylation sites (N-methyl/N-ethyl adjacent to an activating group) is 2. The summed E-state index contributed by atoms with van der Waals surface area (Å²) in [5.41, 5.74) is 2.08. The highest BCUT2D eigenvalue weighted by atomic mass is 19.1. The molecule has 1 aliphatic rings. The Morgan fingerprint density at radius 3 is 2.57 bits per heavy atom. The second-order valence-corrected chi connectivity index (χ2v) is 9.54. The van der Waals surface area contributed by atoms with Gasteiger partial charge in [0.25, 0.3) is 0 Å². The fourth-order valence-electron chi connectivity index (χ4n) is 4.64. The van der Waals surface area contributed by atoms with Gasteiger partial charge in [-0.2, -0.15) is 0 Å². The van der Waals surface area contributed by atoms with Gasteiger partial charge in [-0.05, 0) is 25.1 Å². The maximum atomic E-state index is 15.4. The van der Waals surface area contributed by atoms with Gasteiger partial charge >= 0.3 is 0 Å². The van der Waals surface area contributed by atoms with Gasteiger partial charge in [-0.25, -0.2) is 4.39 Å². The molecule has 1 aliphatic heterocycles. The lowest BCUT2D eigenvalue weighted by Crippen LogP contribution is -2.57. The Hall–Kier alpha value is -3.08. The lowest BCUT2D eigenvalue weighted by atomic mass is 9.71. The minimum Gasteiger partial charge on any atom is -0.381 e. The highest BCUT2D eigenvalue weighted by Gasteiger charge is 2.36. The molecule has 2 aromatic carbocycles. The van der Waals surface area contributed by atoms with E-state index in [1.54, 1.807) is 46.2 Å². The molecule has 0 aromatic heterocycles. The summed E-state index contributed by atoms with van der Waals surface area (Å²) in [5, 5.41) is 5.98. The van der Waals surface area contributed by atoms with Crippen LogP contribution in [0.15, 0.2) is 36.4 Å². The summed E-state index contributed by atoms with van der Waals surface area (Å²) in [6.07, 6.45) is 2.14. The fourth-order valence-corrected chi connectivity index (χ4v) is 4.64. The largest absolute Gasteiger partial charge is 0.381 e. The van der Waals surface area contributed by atoms with Crippen molar-refractivity contribution in [1.29, 1.82) is 0 Å². The summed E-state index contributed by atoms with van der Waals surface area (Å²) < 4.78 is 20.7. The van der Waals surface area contributed by atoms with Crippen LogP contribution in [-0.4, -0.2) is 82.0 Å². The predicted molar refractivity (Wildman–Crippen MR) is 144 cm³/mol. The Labute approximate surface area is 218 Å². The summed E-state index contributed by atoms with van der Waals surface area (Å²) in [6.45, 7) is 3.90. The number of hydrogen-bond donors (Lipinski definition) is 2. The zero-order chi connectivity index (χ0) is 26.8. The lowest BCUT2D eigenvalue weighted by Gasteiger charge is -2.38. The zero-order valence-corrected chi connectivity index (χ0v) is 21.9. The number of anilines is 1. The van der Waals surface area contributed by atoms with Crippen molar-refractivity contribution >= 4 is 32.0 Å². The molecule has 0 saturated carbocycles. The maximum absolute atomic E-state index is 15.4. The van der Waals surface area contributed by atoms with Crippen molar-refractivity contribution in [3.63, 3.8) is 0 Å². The number of rotatable bonds is 13. The molecule has 10 heteroatoms. The molecule has 0 radical (unpaired) electrons. The number of nitrogens with zero attached hydrogens (tertiary/aromatic N) is 2. The van der Waals surface area contributed by atoms with E-state index in [0.717, 1.165) is 25.7 Å². The highest BCUT2D eigenvalue weighted by Crippen LogP contribution is 2.27. The third-order valence-electron chi connectivity index (χ3n) is 7.17. The molecule has 2 aromatic rings. The zero-order valence-electron chi connectivity index (χ0n) is 21.9. The first-order valence-corrected chi connectivity index (χ1v) is 12.6. The number of carbonyl (C=O) groups is 3. The van der Waals surface area contributed by atoms with Crippen molar-refractivity contribution in [2.75, 3.05) is 45.7 Å². The number of aldehydes is 2. The summed E-state index contributed by atoms with van der Waals surface area (Å²) in [5.74, 6) is -0.457. The molecule has 1 saturated heterocycles. The summed E-state index contributed by atoms with van der Waals surface area (Å²) in [6, 6.07) is 10.7. The fraction of sp³-hybridized carbons (Fsp3) is 0.444. The van der Waals surface area contributed by atoms with E-state index < -0.39 is 5.44 Å². The van der Waals surface area contributed by atoms with Crippen LogP contribution in [0.2, 0.25) is 0 Å². The van der Waals surface area contributed by atoms with Gasteiger partial charge in [0.1, 0.15) is 26.2 Å². The number of nitrogens with one attached hydrogen (secondary N) is 2. The third-order valence-corrected chi connectivity index (χ3v) is 7.17. The second kappa shape index (κ2) is 13.5. The number of morpholine rings is 1. The molecule has 0 spiro atoms. The van der Waals surface area contributed by atoms with Crippen molar-refractivity contribution in [3.05, 3.63) is 64.5 Å². The minimum atomic E-state index is -0.955. The molecule has 198 valence electrons. The van der Waals surface area contributed by atoms with Gasteiger partial charge in [0.15, 0.2) is 0 Å². The molecule has 2 N–H and O–H groups in total. The lowest BCUT2D eigenvalue weighted by molar-refractivity contribution is -0.128. The second-order valence-electron chi connectivity index (χ2n) is 9.54. The Balaban J connectivity index is 1.81. The van der Waals surface area contributed by atoms with Gasteiger partial charge in [0.2, 0.25) is 5.91 Å². The molecule has 1 amide bonds. The SMILES string of the molecule is BC(CCC=O)(C(=O)NC)N(C)Cc1c(C=O)cccc1NCc1cccc(CN2CCOCC2)c1F. The summed E-state index contributed by atoms with van der Waals surface area (Å²) >= 11 is 0. The first kappa shape index (κ1) is 28.5. The number of hydrogen-bond acceptors (Lipinski definition) is 7. The Morgan fingerprint density at radius 1 is 1.19 bits per heavy atom. The molecule has 8 nitrogen and oxygen atoms in total. The van der Waals surface area contributed by atoms with Crippen LogP contribution in [0.4, 0.5) is 10.1 Å². The number of ether oxygens (including phenoxy) is 1. The molecule has 0 aliphatic carbocycles. The maximum Gasteiger partial charge on any atom is 0.231 e. The number of amides is 1. The standard InChI is InChI=1S/C27H36BFN4O4/c1-30-26(36)27(28,10-5-13-34)32(2)18-23-22(19-35)8-4-9-24(23)31-16-20-6-3-7-21(25(20)29)17-33-11-14-37-15-12-33/h3-4,6-9,13,19,31H,5,10-12,14-18,28H2,1-2H3,(H,30,36). The van der Waals surface area contributed by atoms with Gasteiger partial charge < -0.3 is 20.2 Å². The van der Waals surface area contributed by atoms with Gasteiger partial charge in [-0.3, -0.25) is 19.4 Å². The number of benzene rings is 2. The molecule has 1 atom stereocenters. The van der Waals surface area contributed by atoms with E-state index in [-0.39, 0.29) is 31.2 Å². The smallest absolute Gasteiger partial charge is 0.231 e. The molecule has 0 bridgehead atoms. The van der Waals surface area contributed by atoms with Crippen LogP contribution in [0.1, 0.15) is 39.9 Å². The molecule has 1 heterocycles. The number of carbonyl (C=O) groups excluding carboxylic acids is 3. The van der Waals surface area contributed by atoms with E-state index in [1.807, 2.05) is 17.0 Å². The summed E-state index contributed by atoms with van der Waals surface area (Å²) in [4.78, 5) is 39.7. The minimum absolute atomic E-state index is 0.214. The van der Waals surface area contributed by atoms with E-state index in [4.69, 9.17) is 4.74 Å². The first-order valence-electron chi connectivity index (χ1n) is 12.6. The highest BCUT2D eigenvalue weighted by molar-refractivity contribution is 6.28. The molecule has 1 fully saturated rings. The van der Waals surface area contributed by atoms with Gasteiger partial charge in [-0.15, -0.1) is 0 Å². The van der Waals surface area contributed by atoms with E-state index in [1.165, 1.54) is 0 Å². The van der Waals surface area contributed by atoms with Crippen LogP contribution >= 0.6 is 0 Å². The average molecular weight is 510 g/mol. The van der Waals surface area contributed by atoms with E-state index in [0.29, 0.717) is 54.1 Å². The quantitative estimate of drug-likeness (QED) is 0.312. The van der Waals surface area contributed by atoms with Crippen LogP contribution < -0.4 is 10.6 Å². The first-order chi connectivity index (χ1) is 17.8. The van der Waals surface area contributed by atoms with Crippen LogP contribution in [0, 0.1) is 5.82 Å². The Kier molecular flexibility index (Phi) is 10.4. The van der Waals surface area contributed by atoms with Gasteiger partial charge in [0.05, 0.1) is 18.7 Å². The van der Waals surface area contributed by atoms with Crippen molar-refractivity contribution in [2.24, 2.45) is 0 Å². The topological polar surface area (TPSA) is 91.0 Å². The molecule has 37 heavy (non-hydrogen) atoms. The molecule has 3 rings (SSSR count). The van der Waals surface area contributed by atoms with Crippen molar-refractivity contribution in [2.45, 2.75) is 37.9 Å². The van der Waals surface area contributed by atoms with E-state index in [2.05, 4.69) is 15.5 Å². The van der Waals surface area contributed by atoms with E-state index >= 15 is 4.39 Å². The normalized spacial score (nSPS) is 15.7. The predicted octanol–water partition coefficient (Wildman–Crippen LogP) is 1.57. The third kappa shape index (κ3) is 7.03. The average Bonchev–Trinajstić information content (AvgIpc) is 2.92. The van der Waals surface area contributed by atoms with Crippen molar-refractivity contribution < 1.29 is 23.5 Å². The number of halogens is 1. The Bertz CT molecular complexity index is 1100. The van der Waals surface area contributed by atoms with Crippen LogP contribution in [0.25, 0.3) is 0 Å². The van der Waals surface area contributed by atoms with Crippen molar-refractivity contribution in [1.82, 2.24) is 15.1 Å². The van der Waals surface area contributed by atoms with Gasteiger partial charge in [0, 0.05) is 68.6 Å². The molecular formula is C27H36BFN4O4. The summed E-state index contributed by atoms with van der Waals surface area (Å²) in [7, 11) is 5.13. The van der Waals surface area contributed by atoms with Crippen LogP contribution in [0.3, 0.4) is 0 Å². The molecular weight excluding hydrogens is 474 g/mol. The monoisotopic (exact) mass is 510 g/mol. The van der Waals surface area contributed by atoms with Gasteiger partial charge in [-0.1, -0.05) is 30.3 Å². The Morgan fingerprint density at radius 2 is 1.89 bits per heavy atom. The van der Waals surface area contributed by atoms with Crippen molar-refractivity contribution in [3.8, 4) is 0 Å².